The molecule has 2 rings (SSSR count). The van der Waals surface area contributed by atoms with Crippen molar-refractivity contribution in [3.05, 3.63) is 59.7 Å². The molecule has 2 aromatic rings. The van der Waals surface area contributed by atoms with Gasteiger partial charge in [0, 0.05) is 11.4 Å². The summed E-state index contributed by atoms with van der Waals surface area (Å²) in [6.45, 7) is 5.87. The molecule has 104 valence electrons. The molecule has 3 heteroatoms. The third-order valence-corrected chi connectivity index (χ3v) is 3.20. The number of para-hydroxylation sites is 1. The standard InChI is InChI=1S/C17H20N2O/c1-12-7-6-9-15(11-12)18-14(3)17(20)19-16-10-5-4-8-13(16)2/h4-11,14,18H,1-3H3,(H,19,20). The van der Waals surface area contributed by atoms with E-state index in [2.05, 4.69) is 10.6 Å². The zero-order valence-corrected chi connectivity index (χ0v) is 12.1. The van der Waals surface area contributed by atoms with Crippen LogP contribution >= 0.6 is 0 Å². The van der Waals surface area contributed by atoms with Crippen LogP contribution in [0.15, 0.2) is 48.5 Å². The van der Waals surface area contributed by atoms with Crippen LogP contribution in [-0.2, 0) is 4.79 Å². The predicted octanol–water partition coefficient (Wildman–Crippen LogP) is 3.74. The molecule has 0 heterocycles. The molecule has 0 spiro atoms. The molecule has 2 N–H and O–H groups in total. The van der Waals surface area contributed by atoms with Gasteiger partial charge in [0.25, 0.3) is 0 Å². The molecule has 0 aliphatic rings. The summed E-state index contributed by atoms with van der Waals surface area (Å²) in [5.41, 5.74) is 4.04. The highest BCUT2D eigenvalue weighted by Crippen LogP contribution is 2.15. The summed E-state index contributed by atoms with van der Waals surface area (Å²) in [6, 6.07) is 15.5. The zero-order valence-electron chi connectivity index (χ0n) is 12.1. The monoisotopic (exact) mass is 268 g/mol. The Bertz CT molecular complexity index is 607. The molecule has 0 aromatic heterocycles. The molecule has 20 heavy (non-hydrogen) atoms. The molecule has 0 saturated heterocycles. The average molecular weight is 268 g/mol. The van der Waals surface area contributed by atoms with Crippen molar-refractivity contribution in [2.24, 2.45) is 0 Å². The van der Waals surface area contributed by atoms with Crippen LogP contribution in [0.1, 0.15) is 18.1 Å². The van der Waals surface area contributed by atoms with E-state index in [4.69, 9.17) is 0 Å². The first kappa shape index (κ1) is 14.1. The van der Waals surface area contributed by atoms with Gasteiger partial charge in [-0.2, -0.15) is 0 Å². The number of hydrogen-bond acceptors (Lipinski definition) is 2. The van der Waals surface area contributed by atoms with Crippen LogP contribution in [-0.4, -0.2) is 11.9 Å². The van der Waals surface area contributed by atoms with E-state index in [1.807, 2.05) is 69.3 Å². The van der Waals surface area contributed by atoms with Crippen LogP contribution in [0, 0.1) is 13.8 Å². The average Bonchev–Trinajstić information content (AvgIpc) is 2.41. The lowest BCUT2D eigenvalue weighted by Crippen LogP contribution is -2.32. The van der Waals surface area contributed by atoms with Gasteiger partial charge < -0.3 is 10.6 Å². The minimum Gasteiger partial charge on any atom is -0.374 e. The summed E-state index contributed by atoms with van der Waals surface area (Å²) in [7, 11) is 0. The van der Waals surface area contributed by atoms with Crippen molar-refractivity contribution in [2.75, 3.05) is 10.6 Å². The maximum atomic E-state index is 12.2. The van der Waals surface area contributed by atoms with Crippen molar-refractivity contribution < 1.29 is 4.79 Å². The van der Waals surface area contributed by atoms with Crippen molar-refractivity contribution in [3.63, 3.8) is 0 Å². The van der Waals surface area contributed by atoms with Crippen molar-refractivity contribution in [2.45, 2.75) is 26.8 Å². The lowest BCUT2D eigenvalue weighted by atomic mass is 10.2. The van der Waals surface area contributed by atoms with Crippen LogP contribution in [0.3, 0.4) is 0 Å². The van der Waals surface area contributed by atoms with Crippen LogP contribution in [0.4, 0.5) is 11.4 Å². The third kappa shape index (κ3) is 3.60. The first-order valence-corrected chi connectivity index (χ1v) is 6.76. The molecule has 1 atom stereocenters. The van der Waals surface area contributed by atoms with E-state index >= 15 is 0 Å². The first-order valence-electron chi connectivity index (χ1n) is 6.76. The Morgan fingerprint density at radius 3 is 2.50 bits per heavy atom. The Labute approximate surface area is 120 Å². The van der Waals surface area contributed by atoms with E-state index in [0.717, 1.165) is 16.9 Å². The predicted molar refractivity (Wildman–Crippen MR) is 84.1 cm³/mol. The maximum absolute atomic E-state index is 12.2. The van der Waals surface area contributed by atoms with Gasteiger partial charge in [-0.15, -0.1) is 0 Å². The summed E-state index contributed by atoms with van der Waals surface area (Å²) in [4.78, 5) is 12.2. The number of anilines is 2. The van der Waals surface area contributed by atoms with Gasteiger partial charge in [-0.25, -0.2) is 0 Å². The Balaban J connectivity index is 2.01. The normalized spacial score (nSPS) is 11.8. The van der Waals surface area contributed by atoms with Gasteiger partial charge in [-0.3, -0.25) is 4.79 Å². The van der Waals surface area contributed by atoms with E-state index in [1.165, 1.54) is 5.56 Å². The molecule has 1 unspecified atom stereocenters. The summed E-state index contributed by atoms with van der Waals surface area (Å²) >= 11 is 0. The summed E-state index contributed by atoms with van der Waals surface area (Å²) in [5.74, 6) is -0.0409. The van der Waals surface area contributed by atoms with Gasteiger partial charge >= 0.3 is 0 Å². The number of aryl methyl sites for hydroxylation is 2. The van der Waals surface area contributed by atoms with Crippen molar-refractivity contribution >= 4 is 17.3 Å². The Hall–Kier alpha value is -2.29. The fourth-order valence-corrected chi connectivity index (χ4v) is 2.00. The van der Waals surface area contributed by atoms with E-state index in [0.29, 0.717) is 0 Å². The Morgan fingerprint density at radius 1 is 1.05 bits per heavy atom. The molecular formula is C17H20N2O. The fourth-order valence-electron chi connectivity index (χ4n) is 2.00. The van der Waals surface area contributed by atoms with Gasteiger partial charge in [-0.1, -0.05) is 30.3 Å². The largest absolute Gasteiger partial charge is 0.374 e. The number of carbonyl (C=O) groups is 1. The van der Waals surface area contributed by atoms with Crippen LogP contribution in [0.2, 0.25) is 0 Å². The molecule has 0 radical (unpaired) electrons. The van der Waals surface area contributed by atoms with Crippen LogP contribution < -0.4 is 10.6 Å². The van der Waals surface area contributed by atoms with Gasteiger partial charge in [0.2, 0.25) is 5.91 Å². The van der Waals surface area contributed by atoms with Gasteiger partial charge in [0.15, 0.2) is 0 Å². The van der Waals surface area contributed by atoms with Crippen molar-refractivity contribution in [1.29, 1.82) is 0 Å². The summed E-state index contributed by atoms with van der Waals surface area (Å²) in [6.07, 6.45) is 0. The number of rotatable bonds is 4. The minimum absolute atomic E-state index is 0.0409. The second-order valence-corrected chi connectivity index (χ2v) is 5.04. The minimum atomic E-state index is -0.295. The molecule has 0 aliphatic heterocycles. The highest BCUT2D eigenvalue weighted by Gasteiger charge is 2.13. The van der Waals surface area contributed by atoms with Crippen LogP contribution in [0.5, 0.6) is 0 Å². The van der Waals surface area contributed by atoms with E-state index in [-0.39, 0.29) is 11.9 Å². The Kier molecular flexibility index (Phi) is 4.41. The van der Waals surface area contributed by atoms with Gasteiger partial charge in [-0.05, 0) is 50.1 Å². The van der Waals surface area contributed by atoms with Gasteiger partial charge in [0.05, 0.1) is 0 Å². The molecule has 3 nitrogen and oxygen atoms in total. The molecule has 2 aromatic carbocycles. The smallest absolute Gasteiger partial charge is 0.246 e. The molecule has 0 saturated carbocycles. The number of nitrogens with one attached hydrogen (secondary N) is 2. The molecule has 0 bridgehead atoms. The Morgan fingerprint density at radius 2 is 1.80 bits per heavy atom. The van der Waals surface area contributed by atoms with Crippen molar-refractivity contribution in [3.8, 4) is 0 Å². The molecular weight excluding hydrogens is 248 g/mol. The summed E-state index contributed by atoms with van der Waals surface area (Å²) < 4.78 is 0. The maximum Gasteiger partial charge on any atom is 0.246 e. The lowest BCUT2D eigenvalue weighted by Gasteiger charge is -2.16. The van der Waals surface area contributed by atoms with E-state index in [9.17, 15) is 4.79 Å². The fraction of sp³-hybridized carbons (Fsp3) is 0.235. The van der Waals surface area contributed by atoms with E-state index < -0.39 is 0 Å². The van der Waals surface area contributed by atoms with Crippen molar-refractivity contribution in [1.82, 2.24) is 0 Å². The number of hydrogen-bond donors (Lipinski definition) is 2. The second kappa shape index (κ2) is 6.24. The number of benzene rings is 2. The molecule has 0 fully saturated rings. The SMILES string of the molecule is Cc1cccc(NC(C)C(=O)Nc2ccccc2C)c1. The number of carbonyl (C=O) groups excluding carboxylic acids is 1. The zero-order chi connectivity index (χ0) is 14.5. The third-order valence-electron chi connectivity index (χ3n) is 3.20. The van der Waals surface area contributed by atoms with Crippen LogP contribution in [0.25, 0.3) is 0 Å². The topological polar surface area (TPSA) is 41.1 Å². The molecule has 0 aliphatic carbocycles. The highest BCUT2D eigenvalue weighted by molar-refractivity contribution is 5.96. The lowest BCUT2D eigenvalue weighted by molar-refractivity contribution is -0.116. The molecule has 1 amide bonds. The second-order valence-electron chi connectivity index (χ2n) is 5.04. The van der Waals surface area contributed by atoms with Gasteiger partial charge in [0.1, 0.15) is 6.04 Å². The number of amides is 1. The summed E-state index contributed by atoms with van der Waals surface area (Å²) in [5, 5.41) is 6.15. The quantitative estimate of drug-likeness (QED) is 0.886. The van der Waals surface area contributed by atoms with E-state index in [1.54, 1.807) is 0 Å². The first-order chi connectivity index (χ1) is 9.56. The highest BCUT2D eigenvalue weighted by atomic mass is 16.2.